The third kappa shape index (κ3) is 2.09. The van der Waals surface area contributed by atoms with Crippen molar-refractivity contribution >= 4 is 11.6 Å². The van der Waals surface area contributed by atoms with E-state index >= 15 is 0 Å². The molecule has 2 N–H and O–H groups in total. The van der Waals surface area contributed by atoms with Crippen molar-refractivity contribution in [3.05, 3.63) is 34.9 Å². The zero-order valence-corrected chi connectivity index (χ0v) is 11.1. The van der Waals surface area contributed by atoms with Crippen molar-refractivity contribution in [2.24, 2.45) is 5.73 Å². The maximum atomic E-state index is 12.3. The van der Waals surface area contributed by atoms with Crippen LogP contribution in [0.3, 0.4) is 0 Å². The Hall–Kier alpha value is -2.15. The van der Waals surface area contributed by atoms with Crippen LogP contribution in [0.15, 0.2) is 29.2 Å². The van der Waals surface area contributed by atoms with Crippen molar-refractivity contribution < 1.29 is 4.79 Å². The molecule has 1 fully saturated rings. The highest BCUT2D eigenvalue weighted by atomic mass is 16.2. The summed E-state index contributed by atoms with van der Waals surface area (Å²) < 4.78 is 2.64. The molecule has 1 atom stereocenters. The van der Waals surface area contributed by atoms with Crippen LogP contribution >= 0.6 is 0 Å². The van der Waals surface area contributed by atoms with Crippen LogP contribution < -0.4 is 11.4 Å². The standard InChI is InChI=1S/C13H17N5O2/c14-8-10-4-3-7-16(10)12(19)9-18-13(20)17-6-2-1-5-11(17)15-18/h1-2,5-6,10H,3-4,7-9,14H2. The van der Waals surface area contributed by atoms with E-state index in [-0.39, 0.29) is 24.2 Å². The first-order valence-corrected chi connectivity index (χ1v) is 6.74. The van der Waals surface area contributed by atoms with E-state index < -0.39 is 0 Å². The highest BCUT2D eigenvalue weighted by Gasteiger charge is 2.28. The first kappa shape index (κ1) is 12.9. The molecule has 2 aromatic heterocycles. The summed E-state index contributed by atoms with van der Waals surface area (Å²) >= 11 is 0. The Morgan fingerprint density at radius 3 is 3.05 bits per heavy atom. The van der Waals surface area contributed by atoms with Gasteiger partial charge in [-0.25, -0.2) is 9.48 Å². The summed E-state index contributed by atoms with van der Waals surface area (Å²) in [6.45, 7) is 1.14. The lowest BCUT2D eigenvalue weighted by molar-refractivity contribution is -0.132. The minimum absolute atomic E-state index is 0.0307. The Morgan fingerprint density at radius 1 is 1.45 bits per heavy atom. The Balaban J connectivity index is 1.84. The van der Waals surface area contributed by atoms with Crippen LogP contribution in [0.25, 0.3) is 5.65 Å². The molecule has 0 aromatic carbocycles. The molecular weight excluding hydrogens is 258 g/mol. The van der Waals surface area contributed by atoms with E-state index in [9.17, 15) is 9.59 Å². The van der Waals surface area contributed by atoms with Crippen molar-refractivity contribution in [1.82, 2.24) is 19.1 Å². The van der Waals surface area contributed by atoms with Crippen LogP contribution in [0.1, 0.15) is 12.8 Å². The van der Waals surface area contributed by atoms with E-state index in [2.05, 4.69) is 5.10 Å². The van der Waals surface area contributed by atoms with Crippen molar-refractivity contribution in [1.29, 1.82) is 0 Å². The molecule has 1 unspecified atom stereocenters. The van der Waals surface area contributed by atoms with Crippen molar-refractivity contribution in [3.63, 3.8) is 0 Å². The van der Waals surface area contributed by atoms with Gasteiger partial charge in [0.25, 0.3) is 0 Å². The van der Waals surface area contributed by atoms with Crippen molar-refractivity contribution in [2.45, 2.75) is 25.4 Å². The minimum Gasteiger partial charge on any atom is -0.337 e. The molecule has 3 rings (SSSR count). The van der Waals surface area contributed by atoms with Crippen LogP contribution in [-0.4, -0.2) is 44.1 Å². The Bertz CT molecular complexity index is 689. The fourth-order valence-electron chi connectivity index (χ4n) is 2.70. The van der Waals surface area contributed by atoms with Crippen molar-refractivity contribution in [2.75, 3.05) is 13.1 Å². The number of likely N-dealkylation sites (tertiary alicyclic amines) is 1. The fraction of sp³-hybridized carbons (Fsp3) is 0.462. The van der Waals surface area contributed by atoms with Gasteiger partial charge in [0.15, 0.2) is 5.65 Å². The zero-order valence-electron chi connectivity index (χ0n) is 11.1. The number of hydrogen-bond donors (Lipinski definition) is 1. The highest BCUT2D eigenvalue weighted by molar-refractivity contribution is 5.76. The third-order valence-corrected chi connectivity index (χ3v) is 3.74. The van der Waals surface area contributed by atoms with Crippen molar-refractivity contribution in [3.8, 4) is 0 Å². The molecule has 0 radical (unpaired) electrons. The van der Waals surface area contributed by atoms with Gasteiger partial charge in [-0.1, -0.05) is 6.07 Å². The first-order valence-electron chi connectivity index (χ1n) is 6.74. The summed E-state index contributed by atoms with van der Waals surface area (Å²) in [6.07, 6.45) is 3.54. The van der Waals surface area contributed by atoms with E-state index in [1.165, 1.54) is 9.08 Å². The lowest BCUT2D eigenvalue weighted by Crippen LogP contribution is -2.42. The molecule has 7 nitrogen and oxygen atoms in total. The fourth-order valence-corrected chi connectivity index (χ4v) is 2.70. The number of carbonyl (C=O) groups is 1. The SMILES string of the molecule is NCC1CCCN1C(=O)Cn1nc2ccccn2c1=O. The van der Waals surface area contributed by atoms with Gasteiger partial charge in [0.1, 0.15) is 6.54 Å². The maximum absolute atomic E-state index is 12.3. The molecule has 106 valence electrons. The van der Waals surface area contributed by atoms with E-state index in [0.29, 0.717) is 18.7 Å². The number of pyridine rings is 1. The second-order valence-electron chi connectivity index (χ2n) is 4.99. The monoisotopic (exact) mass is 275 g/mol. The van der Waals surface area contributed by atoms with Gasteiger partial charge in [-0.15, -0.1) is 5.10 Å². The normalized spacial score (nSPS) is 18.9. The molecule has 0 saturated carbocycles. The van der Waals surface area contributed by atoms with Crippen LogP contribution in [0.4, 0.5) is 0 Å². The van der Waals surface area contributed by atoms with E-state index in [0.717, 1.165) is 12.8 Å². The maximum Gasteiger partial charge on any atom is 0.350 e. The molecule has 1 saturated heterocycles. The predicted molar refractivity (Wildman–Crippen MR) is 73.2 cm³/mol. The van der Waals surface area contributed by atoms with E-state index in [1.807, 2.05) is 0 Å². The third-order valence-electron chi connectivity index (χ3n) is 3.74. The number of nitrogens with zero attached hydrogens (tertiary/aromatic N) is 4. The lowest BCUT2D eigenvalue weighted by Gasteiger charge is -2.23. The van der Waals surface area contributed by atoms with Crippen LogP contribution in [0, 0.1) is 0 Å². The van der Waals surface area contributed by atoms with Gasteiger partial charge in [0.05, 0.1) is 0 Å². The van der Waals surface area contributed by atoms with Crippen LogP contribution in [-0.2, 0) is 11.3 Å². The molecule has 2 aromatic rings. The van der Waals surface area contributed by atoms with E-state index in [4.69, 9.17) is 5.73 Å². The van der Waals surface area contributed by atoms with Gasteiger partial charge in [0, 0.05) is 25.3 Å². The summed E-state index contributed by atoms with van der Waals surface area (Å²) in [5, 5.41) is 4.16. The number of aromatic nitrogens is 3. The molecule has 1 aliphatic rings. The second-order valence-corrected chi connectivity index (χ2v) is 4.99. The molecule has 7 heteroatoms. The quantitative estimate of drug-likeness (QED) is 0.814. The predicted octanol–water partition coefficient (Wildman–Crippen LogP) is -0.554. The van der Waals surface area contributed by atoms with Gasteiger partial charge in [0.2, 0.25) is 5.91 Å². The molecule has 1 amide bonds. The molecule has 3 heterocycles. The van der Waals surface area contributed by atoms with Gasteiger partial charge in [-0.3, -0.25) is 9.20 Å². The molecule has 0 bridgehead atoms. The average Bonchev–Trinajstić information content (AvgIpc) is 3.05. The van der Waals surface area contributed by atoms with Crippen LogP contribution in [0.2, 0.25) is 0 Å². The summed E-state index contributed by atoms with van der Waals surface area (Å²) in [4.78, 5) is 26.1. The van der Waals surface area contributed by atoms with Gasteiger partial charge in [-0.2, -0.15) is 0 Å². The number of fused-ring (bicyclic) bond motifs is 1. The van der Waals surface area contributed by atoms with Gasteiger partial charge < -0.3 is 10.6 Å². The number of nitrogens with two attached hydrogens (primary N) is 1. The van der Waals surface area contributed by atoms with Crippen LogP contribution in [0.5, 0.6) is 0 Å². The smallest absolute Gasteiger partial charge is 0.337 e. The summed E-state index contributed by atoms with van der Waals surface area (Å²) in [7, 11) is 0. The number of hydrogen-bond acceptors (Lipinski definition) is 4. The molecule has 0 aliphatic carbocycles. The second kappa shape index (κ2) is 5.09. The average molecular weight is 275 g/mol. The van der Waals surface area contributed by atoms with E-state index in [1.54, 1.807) is 29.3 Å². The Labute approximate surface area is 115 Å². The topological polar surface area (TPSA) is 85.6 Å². The lowest BCUT2D eigenvalue weighted by atomic mass is 10.2. The van der Waals surface area contributed by atoms with Gasteiger partial charge >= 0.3 is 5.69 Å². The first-order chi connectivity index (χ1) is 9.70. The minimum atomic E-state index is -0.294. The van der Waals surface area contributed by atoms with Gasteiger partial charge in [-0.05, 0) is 25.0 Å². The zero-order chi connectivity index (χ0) is 14.1. The summed E-state index contributed by atoms with van der Waals surface area (Å²) in [5.41, 5.74) is 5.91. The highest BCUT2D eigenvalue weighted by Crippen LogP contribution is 2.16. The summed E-state index contributed by atoms with van der Waals surface area (Å²) in [6, 6.07) is 5.39. The summed E-state index contributed by atoms with van der Waals surface area (Å²) in [5.74, 6) is -0.0940. The number of carbonyl (C=O) groups excluding carboxylic acids is 1. The molecule has 1 aliphatic heterocycles. The largest absolute Gasteiger partial charge is 0.350 e. The molecular formula is C13H17N5O2. The Kier molecular flexibility index (Phi) is 3.27. The number of rotatable bonds is 3. The molecule has 20 heavy (non-hydrogen) atoms. The number of amides is 1. The Morgan fingerprint density at radius 2 is 2.30 bits per heavy atom. The molecule has 0 spiro atoms.